The number of hydrogen-bond donors (Lipinski definition) is 2. The summed E-state index contributed by atoms with van der Waals surface area (Å²) >= 11 is 0. The SMILES string of the molecule is Cc1ccc(C(=O)NC(CC(=O)N2CCCC2CN)c2ccccc2)cc1.Cl. The van der Waals surface area contributed by atoms with Crippen molar-refractivity contribution in [1.29, 1.82) is 0 Å². The van der Waals surface area contributed by atoms with Gasteiger partial charge < -0.3 is 16.0 Å². The van der Waals surface area contributed by atoms with E-state index in [9.17, 15) is 9.59 Å². The fraction of sp³-hybridized carbons (Fsp3) is 0.364. The number of carbonyl (C=O) groups excluding carboxylic acids is 2. The molecule has 3 rings (SSSR count). The third-order valence-corrected chi connectivity index (χ3v) is 5.17. The highest BCUT2D eigenvalue weighted by Crippen LogP contribution is 2.23. The van der Waals surface area contributed by atoms with Crippen LogP contribution in [0.1, 0.15) is 46.8 Å². The molecular formula is C22H28ClN3O2. The molecule has 0 bridgehead atoms. The van der Waals surface area contributed by atoms with Crippen LogP contribution < -0.4 is 11.1 Å². The van der Waals surface area contributed by atoms with Gasteiger partial charge >= 0.3 is 0 Å². The van der Waals surface area contributed by atoms with Gasteiger partial charge in [-0.25, -0.2) is 0 Å². The van der Waals surface area contributed by atoms with E-state index in [-0.39, 0.29) is 42.7 Å². The maximum Gasteiger partial charge on any atom is 0.251 e. The average molecular weight is 402 g/mol. The first-order valence-corrected chi connectivity index (χ1v) is 9.50. The number of carbonyl (C=O) groups is 2. The molecule has 1 aliphatic rings. The molecule has 1 aliphatic heterocycles. The maximum absolute atomic E-state index is 12.9. The lowest BCUT2D eigenvalue weighted by Crippen LogP contribution is -2.42. The Labute approximate surface area is 172 Å². The van der Waals surface area contributed by atoms with Crippen molar-refractivity contribution < 1.29 is 9.59 Å². The minimum Gasteiger partial charge on any atom is -0.345 e. The molecule has 0 radical (unpaired) electrons. The van der Waals surface area contributed by atoms with Gasteiger partial charge in [-0.2, -0.15) is 0 Å². The van der Waals surface area contributed by atoms with Gasteiger partial charge in [0.2, 0.25) is 5.91 Å². The van der Waals surface area contributed by atoms with E-state index < -0.39 is 0 Å². The molecule has 2 aromatic rings. The van der Waals surface area contributed by atoms with Crippen LogP contribution in [0, 0.1) is 6.92 Å². The summed E-state index contributed by atoms with van der Waals surface area (Å²) in [5.74, 6) is -0.130. The number of nitrogens with two attached hydrogens (primary N) is 1. The van der Waals surface area contributed by atoms with Gasteiger partial charge in [0.15, 0.2) is 0 Å². The monoisotopic (exact) mass is 401 g/mol. The number of nitrogens with one attached hydrogen (secondary N) is 1. The Kier molecular flexibility index (Phi) is 8.03. The summed E-state index contributed by atoms with van der Waals surface area (Å²) in [6.45, 7) is 3.21. The number of halogens is 1. The minimum atomic E-state index is -0.369. The van der Waals surface area contributed by atoms with Crippen LogP contribution in [0.3, 0.4) is 0 Å². The minimum absolute atomic E-state index is 0. The van der Waals surface area contributed by atoms with Crippen molar-refractivity contribution in [2.24, 2.45) is 5.73 Å². The smallest absolute Gasteiger partial charge is 0.251 e. The molecule has 2 unspecified atom stereocenters. The summed E-state index contributed by atoms with van der Waals surface area (Å²) in [6.07, 6.45) is 2.17. The Morgan fingerprint density at radius 1 is 1.14 bits per heavy atom. The molecule has 5 nitrogen and oxygen atoms in total. The number of benzene rings is 2. The second-order valence-corrected chi connectivity index (χ2v) is 7.13. The molecule has 2 amide bonds. The van der Waals surface area contributed by atoms with Crippen molar-refractivity contribution in [2.45, 2.75) is 38.3 Å². The van der Waals surface area contributed by atoms with Gasteiger partial charge in [-0.1, -0.05) is 48.0 Å². The van der Waals surface area contributed by atoms with E-state index in [4.69, 9.17) is 5.73 Å². The molecule has 1 fully saturated rings. The van der Waals surface area contributed by atoms with Crippen molar-refractivity contribution in [3.05, 3.63) is 71.3 Å². The first kappa shape index (κ1) is 21.9. The summed E-state index contributed by atoms with van der Waals surface area (Å²) in [5, 5.41) is 3.04. The van der Waals surface area contributed by atoms with Gasteiger partial charge in [-0.3, -0.25) is 9.59 Å². The van der Waals surface area contributed by atoms with Crippen LogP contribution in [0.4, 0.5) is 0 Å². The molecule has 1 heterocycles. The molecule has 1 saturated heterocycles. The molecular weight excluding hydrogens is 374 g/mol. The Hall–Kier alpha value is -2.37. The number of nitrogens with zero attached hydrogens (tertiary/aromatic N) is 1. The maximum atomic E-state index is 12.9. The number of aryl methyl sites for hydroxylation is 1. The highest BCUT2D eigenvalue weighted by Gasteiger charge is 2.30. The second kappa shape index (κ2) is 10.2. The van der Waals surface area contributed by atoms with Crippen LogP contribution in [0.25, 0.3) is 0 Å². The normalized spacial score (nSPS) is 16.9. The zero-order valence-corrected chi connectivity index (χ0v) is 17.0. The average Bonchev–Trinajstić information content (AvgIpc) is 3.17. The predicted molar refractivity (Wildman–Crippen MR) is 113 cm³/mol. The van der Waals surface area contributed by atoms with E-state index in [0.29, 0.717) is 12.1 Å². The van der Waals surface area contributed by atoms with Crippen molar-refractivity contribution in [2.75, 3.05) is 13.1 Å². The fourth-order valence-electron chi connectivity index (χ4n) is 3.59. The third-order valence-electron chi connectivity index (χ3n) is 5.17. The Morgan fingerprint density at radius 2 is 1.82 bits per heavy atom. The Bertz CT molecular complexity index is 780. The van der Waals surface area contributed by atoms with Gasteiger partial charge in [-0.15, -0.1) is 12.4 Å². The van der Waals surface area contributed by atoms with Crippen LogP contribution in [0.2, 0.25) is 0 Å². The lowest BCUT2D eigenvalue weighted by atomic mass is 10.0. The summed E-state index contributed by atoms with van der Waals surface area (Å²) < 4.78 is 0. The molecule has 2 atom stereocenters. The first-order valence-electron chi connectivity index (χ1n) is 9.50. The van der Waals surface area contributed by atoms with Crippen molar-refractivity contribution in [3.8, 4) is 0 Å². The number of amides is 2. The highest BCUT2D eigenvalue weighted by molar-refractivity contribution is 5.94. The van der Waals surface area contributed by atoms with E-state index >= 15 is 0 Å². The molecule has 0 saturated carbocycles. The summed E-state index contributed by atoms with van der Waals surface area (Å²) in [5.41, 5.74) is 8.43. The van der Waals surface area contributed by atoms with Gasteiger partial charge in [0.25, 0.3) is 5.91 Å². The Balaban J connectivity index is 0.00000280. The van der Waals surface area contributed by atoms with E-state index in [1.807, 2.05) is 54.3 Å². The number of likely N-dealkylation sites (tertiary alicyclic amines) is 1. The van der Waals surface area contributed by atoms with E-state index in [1.54, 1.807) is 12.1 Å². The van der Waals surface area contributed by atoms with Crippen LogP contribution >= 0.6 is 12.4 Å². The molecule has 150 valence electrons. The third kappa shape index (κ3) is 5.33. The fourth-order valence-corrected chi connectivity index (χ4v) is 3.59. The van der Waals surface area contributed by atoms with Crippen molar-refractivity contribution in [3.63, 3.8) is 0 Å². The zero-order valence-electron chi connectivity index (χ0n) is 16.1. The van der Waals surface area contributed by atoms with Gasteiger partial charge in [0.05, 0.1) is 12.5 Å². The molecule has 6 heteroatoms. The van der Waals surface area contributed by atoms with Gasteiger partial charge in [0, 0.05) is 24.7 Å². The van der Waals surface area contributed by atoms with Crippen molar-refractivity contribution in [1.82, 2.24) is 10.2 Å². The molecule has 2 aromatic carbocycles. The quantitative estimate of drug-likeness (QED) is 0.780. The number of hydrogen-bond acceptors (Lipinski definition) is 3. The molecule has 0 aliphatic carbocycles. The van der Waals surface area contributed by atoms with E-state index in [2.05, 4.69) is 5.32 Å². The van der Waals surface area contributed by atoms with Crippen LogP contribution in [-0.2, 0) is 4.79 Å². The van der Waals surface area contributed by atoms with E-state index in [1.165, 1.54) is 0 Å². The highest BCUT2D eigenvalue weighted by atomic mass is 35.5. The van der Waals surface area contributed by atoms with Crippen LogP contribution in [-0.4, -0.2) is 35.8 Å². The second-order valence-electron chi connectivity index (χ2n) is 7.13. The Morgan fingerprint density at radius 3 is 2.46 bits per heavy atom. The molecule has 0 aromatic heterocycles. The van der Waals surface area contributed by atoms with Crippen molar-refractivity contribution >= 4 is 24.2 Å². The zero-order chi connectivity index (χ0) is 19.2. The standard InChI is InChI=1S/C22H27N3O2.ClH/c1-16-9-11-18(12-10-16)22(27)24-20(17-6-3-2-4-7-17)14-21(26)25-13-5-8-19(25)15-23;/h2-4,6-7,9-12,19-20H,5,8,13-15,23H2,1H3,(H,24,27);1H. The summed E-state index contributed by atoms with van der Waals surface area (Å²) in [6, 6.07) is 16.8. The first-order chi connectivity index (χ1) is 13.1. The largest absolute Gasteiger partial charge is 0.345 e. The van der Waals surface area contributed by atoms with Crippen LogP contribution in [0.5, 0.6) is 0 Å². The summed E-state index contributed by atoms with van der Waals surface area (Å²) in [4.78, 5) is 27.5. The molecule has 3 N–H and O–H groups in total. The lowest BCUT2D eigenvalue weighted by Gasteiger charge is -2.26. The lowest BCUT2D eigenvalue weighted by molar-refractivity contribution is -0.132. The van der Waals surface area contributed by atoms with Crippen LogP contribution in [0.15, 0.2) is 54.6 Å². The topological polar surface area (TPSA) is 75.4 Å². The summed E-state index contributed by atoms with van der Waals surface area (Å²) in [7, 11) is 0. The molecule has 28 heavy (non-hydrogen) atoms. The predicted octanol–water partition coefficient (Wildman–Crippen LogP) is 3.23. The van der Waals surface area contributed by atoms with E-state index in [0.717, 1.165) is 30.5 Å². The molecule has 0 spiro atoms. The van der Waals surface area contributed by atoms with Gasteiger partial charge in [0.1, 0.15) is 0 Å². The van der Waals surface area contributed by atoms with Gasteiger partial charge in [-0.05, 0) is 37.5 Å². The number of rotatable bonds is 6.